The Hall–Kier alpha value is -1.78. The molecule has 0 spiro atoms. The van der Waals surface area contributed by atoms with Crippen molar-refractivity contribution in [3.63, 3.8) is 0 Å². The first-order valence-corrected chi connectivity index (χ1v) is 10.2. The van der Waals surface area contributed by atoms with Crippen LogP contribution in [0.1, 0.15) is 12.5 Å². The highest BCUT2D eigenvalue weighted by atomic mass is 28.3. The lowest BCUT2D eigenvalue weighted by Gasteiger charge is -2.17. The Balaban J connectivity index is 2.84. The fourth-order valence-corrected chi connectivity index (χ4v) is 3.00. The van der Waals surface area contributed by atoms with Crippen LogP contribution in [-0.4, -0.2) is 26.7 Å². The van der Waals surface area contributed by atoms with Crippen molar-refractivity contribution in [1.82, 2.24) is 0 Å². The van der Waals surface area contributed by atoms with Crippen LogP contribution < -0.4 is 5.19 Å². The van der Waals surface area contributed by atoms with E-state index in [0.717, 1.165) is 5.56 Å². The van der Waals surface area contributed by atoms with Gasteiger partial charge in [-0.3, -0.25) is 4.79 Å². The zero-order valence-electron chi connectivity index (χ0n) is 12.5. The predicted octanol–water partition coefficient (Wildman–Crippen LogP) is 3.02. The third kappa shape index (κ3) is 4.72. The molecule has 0 N–H and O–H groups in total. The number of rotatable bonds is 6. The highest BCUT2D eigenvalue weighted by Gasteiger charge is 2.20. The van der Waals surface area contributed by atoms with Crippen LogP contribution in [0.3, 0.4) is 0 Å². The molecule has 0 saturated carbocycles. The SMILES string of the molecule is CCOC(=O)C(Cc1ccc([Si](C)(C)C)cc1)N=[N+]=[N-]. The van der Waals surface area contributed by atoms with Crippen LogP contribution in [0.5, 0.6) is 0 Å². The number of carbonyl (C=O) groups excluding carboxylic acids is 1. The first kappa shape index (κ1) is 16.3. The molecule has 0 aliphatic carbocycles. The molecule has 0 heterocycles. The topological polar surface area (TPSA) is 75.1 Å². The van der Waals surface area contributed by atoms with Gasteiger partial charge in [0.05, 0.1) is 14.7 Å². The normalized spacial score (nSPS) is 12.4. The zero-order valence-corrected chi connectivity index (χ0v) is 13.5. The molecule has 0 fully saturated rings. The average molecular weight is 291 g/mol. The van der Waals surface area contributed by atoms with E-state index in [2.05, 4.69) is 41.8 Å². The van der Waals surface area contributed by atoms with Crippen molar-refractivity contribution in [1.29, 1.82) is 0 Å². The lowest BCUT2D eigenvalue weighted by molar-refractivity contribution is -0.144. The van der Waals surface area contributed by atoms with Gasteiger partial charge in [-0.2, -0.15) is 0 Å². The number of carbonyl (C=O) groups is 1. The van der Waals surface area contributed by atoms with Gasteiger partial charge in [0.1, 0.15) is 6.04 Å². The zero-order chi connectivity index (χ0) is 15.2. The summed E-state index contributed by atoms with van der Waals surface area (Å²) in [5.74, 6) is -0.473. The van der Waals surface area contributed by atoms with Gasteiger partial charge in [0.25, 0.3) is 0 Å². The van der Waals surface area contributed by atoms with Crippen molar-refractivity contribution in [3.8, 4) is 0 Å². The van der Waals surface area contributed by atoms with Gasteiger partial charge in [0, 0.05) is 4.91 Å². The summed E-state index contributed by atoms with van der Waals surface area (Å²) in [7, 11) is -1.32. The second kappa shape index (κ2) is 7.12. The van der Waals surface area contributed by atoms with Gasteiger partial charge >= 0.3 is 5.97 Å². The highest BCUT2D eigenvalue weighted by molar-refractivity contribution is 6.88. The standard InChI is InChI=1S/C14H21N3O2Si/c1-5-19-14(18)13(16-17-15)10-11-6-8-12(9-7-11)20(2,3)4/h6-9,13H,5,10H2,1-4H3. The van der Waals surface area contributed by atoms with Crippen LogP contribution in [0, 0.1) is 0 Å². The largest absolute Gasteiger partial charge is 0.466 e. The van der Waals surface area contributed by atoms with Gasteiger partial charge in [0.2, 0.25) is 0 Å². The number of benzene rings is 1. The number of esters is 1. The number of ether oxygens (including phenoxy) is 1. The molecule has 0 bridgehead atoms. The summed E-state index contributed by atoms with van der Waals surface area (Å²) < 4.78 is 4.91. The maximum absolute atomic E-state index is 11.7. The van der Waals surface area contributed by atoms with Crippen LogP contribution in [0.2, 0.25) is 19.6 Å². The van der Waals surface area contributed by atoms with Gasteiger partial charge in [-0.25, -0.2) is 0 Å². The average Bonchev–Trinajstić information content (AvgIpc) is 2.38. The Kier molecular flexibility index (Phi) is 5.79. The third-order valence-corrected chi connectivity index (χ3v) is 5.06. The predicted molar refractivity (Wildman–Crippen MR) is 82.7 cm³/mol. The Morgan fingerprint density at radius 3 is 2.40 bits per heavy atom. The van der Waals surface area contributed by atoms with E-state index in [9.17, 15) is 4.79 Å². The Labute approximate surface area is 120 Å². The van der Waals surface area contributed by atoms with E-state index in [1.165, 1.54) is 5.19 Å². The summed E-state index contributed by atoms with van der Waals surface area (Å²) in [6, 6.07) is 7.39. The van der Waals surface area contributed by atoms with E-state index < -0.39 is 20.1 Å². The number of hydrogen-bond acceptors (Lipinski definition) is 3. The van der Waals surface area contributed by atoms with Crippen molar-refractivity contribution in [2.75, 3.05) is 6.61 Å². The number of hydrogen-bond donors (Lipinski definition) is 0. The Morgan fingerprint density at radius 1 is 1.35 bits per heavy atom. The van der Waals surface area contributed by atoms with E-state index in [1.807, 2.05) is 12.1 Å². The van der Waals surface area contributed by atoms with Crippen LogP contribution in [-0.2, 0) is 16.0 Å². The van der Waals surface area contributed by atoms with Crippen LogP contribution in [0.15, 0.2) is 29.4 Å². The van der Waals surface area contributed by atoms with E-state index in [4.69, 9.17) is 10.3 Å². The summed E-state index contributed by atoms with van der Waals surface area (Å²) in [6.45, 7) is 8.86. The molecule has 6 heteroatoms. The van der Waals surface area contributed by atoms with Crippen molar-refractivity contribution in [2.45, 2.75) is 39.0 Å². The highest BCUT2D eigenvalue weighted by Crippen LogP contribution is 2.10. The molecule has 20 heavy (non-hydrogen) atoms. The molecule has 0 amide bonds. The van der Waals surface area contributed by atoms with Crippen molar-refractivity contribution < 1.29 is 9.53 Å². The van der Waals surface area contributed by atoms with Gasteiger partial charge in [-0.1, -0.05) is 54.2 Å². The maximum atomic E-state index is 11.7. The minimum atomic E-state index is -1.32. The van der Waals surface area contributed by atoms with Crippen molar-refractivity contribution in [3.05, 3.63) is 40.3 Å². The second-order valence-electron chi connectivity index (χ2n) is 5.62. The van der Waals surface area contributed by atoms with Gasteiger partial charge in [0.15, 0.2) is 0 Å². The molecule has 0 radical (unpaired) electrons. The van der Waals surface area contributed by atoms with Crippen molar-refractivity contribution in [2.24, 2.45) is 5.11 Å². The molecule has 5 nitrogen and oxygen atoms in total. The van der Waals surface area contributed by atoms with Crippen LogP contribution >= 0.6 is 0 Å². The lowest BCUT2D eigenvalue weighted by atomic mass is 10.1. The molecule has 1 rings (SSSR count). The minimum absolute atomic E-state index is 0.283. The molecular formula is C14H21N3O2Si. The molecule has 0 aliphatic rings. The van der Waals surface area contributed by atoms with E-state index in [1.54, 1.807) is 6.92 Å². The number of nitrogens with zero attached hydrogens (tertiary/aromatic N) is 3. The van der Waals surface area contributed by atoms with Gasteiger partial charge in [-0.15, -0.1) is 0 Å². The molecule has 1 atom stereocenters. The first-order chi connectivity index (χ1) is 9.38. The van der Waals surface area contributed by atoms with Crippen LogP contribution in [0.4, 0.5) is 0 Å². The quantitative estimate of drug-likeness (QED) is 0.265. The van der Waals surface area contributed by atoms with Crippen LogP contribution in [0.25, 0.3) is 10.4 Å². The Morgan fingerprint density at radius 2 is 1.95 bits per heavy atom. The molecule has 1 unspecified atom stereocenters. The molecule has 1 aromatic rings. The van der Waals surface area contributed by atoms with Gasteiger partial charge in [-0.05, 0) is 24.4 Å². The fraction of sp³-hybridized carbons (Fsp3) is 0.500. The summed E-state index contributed by atoms with van der Waals surface area (Å²) >= 11 is 0. The monoisotopic (exact) mass is 291 g/mol. The summed E-state index contributed by atoms with van der Waals surface area (Å²) in [5.41, 5.74) is 9.51. The molecule has 0 aromatic heterocycles. The molecule has 0 saturated heterocycles. The minimum Gasteiger partial charge on any atom is -0.466 e. The third-order valence-electron chi connectivity index (χ3n) is 3.00. The summed E-state index contributed by atoms with van der Waals surface area (Å²) in [4.78, 5) is 14.4. The molecule has 108 valence electrons. The molecule has 1 aromatic carbocycles. The number of azide groups is 1. The molecular weight excluding hydrogens is 270 g/mol. The molecule has 0 aliphatic heterocycles. The summed E-state index contributed by atoms with van der Waals surface area (Å²) in [5, 5.41) is 4.88. The van der Waals surface area contributed by atoms with E-state index in [-0.39, 0.29) is 6.61 Å². The first-order valence-electron chi connectivity index (χ1n) is 6.68. The van der Waals surface area contributed by atoms with E-state index >= 15 is 0 Å². The Bertz CT molecular complexity index is 502. The van der Waals surface area contributed by atoms with Crippen molar-refractivity contribution >= 4 is 19.2 Å². The smallest absolute Gasteiger partial charge is 0.315 e. The fourth-order valence-electron chi connectivity index (χ4n) is 1.84. The second-order valence-corrected chi connectivity index (χ2v) is 10.7. The summed E-state index contributed by atoms with van der Waals surface area (Å²) in [6.07, 6.45) is 0.370. The van der Waals surface area contributed by atoms with Gasteiger partial charge < -0.3 is 4.74 Å². The maximum Gasteiger partial charge on any atom is 0.315 e. The lowest BCUT2D eigenvalue weighted by Crippen LogP contribution is -2.37. The van der Waals surface area contributed by atoms with E-state index in [0.29, 0.717) is 6.42 Å².